The first-order chi connectivity index (χ1) is 9.03. The number of aromatic nitrogens is 1. The minimum Gasteiger partial charge on any atom is -0.358 e. The number of nitrogens with zero attached hydrogens (tertiary/aromatic N) is 1. The molecule has 0 atom stereocenters. The molecule has 5 nitrogen and oxygen atoms in total. The number of carbonyl (C=O) groups excluding carboxylic acids is 1. The van der Waals surface area contributed by atoms with E-state index >= 15 is 0 Å². The molecule has 0 bridgehead atoms. The van der Waals surface area contributed by atoms with Gasteiger partial charge in [-0.05, 0) is 0 Å². The van der Waals surface area contributed by atoms with E-state index in [1.807, 2.05) is 30.3 Å². The predicted octanol–water partition coefficient (Wildman–Crippen LogP) is 1.33. The maximum absolute atomic E-state index is 11.9. The van der Waals surface area contributed by atoms with Crippen LogP contribution in [-0.4, -0.2) is 32.1 Å². The fourth-order valence-corrected chi connectivity index (χ4v) is 3.76. The van der Waals surface area contributed by atoms with Crippen molar-refractivity contribution in [2.75, 3.05) is 12.8 Å². The number of carbonyl (C=O) groups is 1. The Labute approximate surface area is 115 Å². The van der Waals surface area contributed by atoms with Gasteiger partial charge in [0, 0.05) is 18.0 Å². The molecular formula is C12H12N2O3S2. The molecule has 1 N–H and O–H groups in total. The van der Waals surface area contributed by atoms with Gasteiger partial charge in [-0.25, -0.2) is 13.4 Å². The summed E-state index contributed by atoms with van der Waals surface area (Å²) in [6.07, 6.45) is 0. The van der Waals surface area contributed by atoms with E-state index in [4.69, 9.17) is 0 Å². The molecule has 0 unspecified atom stereocenters. The molecule has 0 aliphatic heterocycles. The SMILES string of the molecule is CNC(=O)CS(=O)(=O)c1nc(-c2ccccc2)cs1. The molecule has 7 heteroatoms. The van der Waals surface area contributed by atoms with Gasteiger partial charge in [0.25, 0.3) is 0 Å². The van der Waals surface area contributed by atoms with Crippen LogP contribution in [-0.2, 0) is 14.6 Å². The molecule has 1 heterocycles. The molecule has 2 aromatic rings. The van der Waals surface area contributed by atoms with E-state index in [1.165, 1.54) is 7.05 Å². The molecule has 0 aliphatic carbocycles. The topological polar surface area (TPSA) is 76.1 Å². The minimum atomic E-state index is -3.66. The Balaban J connectivity index is 2.29. The number of nitrogens with one attached hydrogen (secondary N) is 1. The largest absolute Gasteiger partial charge is 0.358 e. The second-order valence-corrected chi connectivity index (χ2v) is 6.82. The Morgan fingerprint density at radius 1 is 1.32 bits per heavy atom. The highest BCUT2D eigenvalue weighted by molar-refractivity contribution is 7.94. The van der Waals surface area contributed by atoms with Crippen LogP contribution in [0.4, 0.5) is 0 Å². The number of rotatable bonds is 4. The zero-order valence-corrected chi connectivity index (χ0v) is 11.8. The van der Waals surface area contributed by atoms with Crippen LogP contribution < -0.4 is 5.32 Å². The molecule has 2 rings (SSSR count). The molecule has 0 radical (unpaired) electrons. The Bertz CT molecular complexity index is 678. The lowest BCUT2D eigenvalue weighted by Gasteiger charge is -1.99. The van der Waals surface area contributed by atoms with Crippen LogP contribution in [0.2, 0.25) is 0 Å². The second kappa shape index (κ2) is 5.50. The smallest absolute Gasteiger partial charge is 0.235 e. The van der Waals surface area contributed by atoms with E-state index in [2.05, 4.69) is 10.3 Å². The summed E-state index contributed by atoms with van der Waals surface area (Å²) in [5.74, 6) is -1.12. The molecule has 1 amide bonds. The fourth-order valence-electron chi connectivity index (χ4n) is 1.45. The monoisotopic (exact) mass is 296 g/mol. The molecule has 1 aromatic heterocycles. The summed E-state index contributed by atoms with van der Waals surface area (Å²) in [6.45, 7) is 0. The lowest BCUT2D eigenvalue weighted by Crippen LogP contribution is -2.26. The normalized spacial score (nSPS) is 11.2. The van der Waals surface area contributed by atoms with Crippen LogP contribution in [0.3, 0.4) is 0 Å². The van der Waals surface area contributed by atoms with E-state index in [1.54, 1.807) is 5.38 Å². The van der Waals surface area contributed by atoms with Crippen molar-refractivity contribution < 1.29 is 13.2 Å². The van der Waals surface area contributed by atoms with E-state index in [0.717, 1.165) is 16.9 Å². The third-order valence-electron chi connectivity index (χ3n) is 2.42. The van der Waals surface area contributed by atoms with E-state index < -0.39 is 21.5 Å². The first-order valence-electron chi connectivity index (χ1n) is 5.47. The highest BCUT2D eigenvalue weighted by Crippen LogP contribution is 2.24. The van der Waals surface area contributed by atoms with E-state index in [9.17, 15) is 13.2 Å². The van der Waals surface area contributed by atoms with Gasteiger partial charge >= 0.3 is 0 Å². The minimum absolute atomic E-state index is 0.0325. The summed E-state index contributed by atoms with van der Waals surface area (Å²) >= 11 is 1.02. The number of hydrogen-bond donors (Lipinski definition) is 1. The second-order valence-electron chi connectivity index (χ2n) is 3.80. The molecule has 0 fully saturated rings. The van der Waals surface area contributed by atoms with E-state index in [-0.39, 0.29) is 4.34 Å². The van der Waals surface area contributed by atoms with Crippen LogP contribution in [0.1, 0.15) is 0 Å². The highest BCUT2D eigenvalue weighted by Gasteiger charge is 2.22. The summed E-state index contributed by atoms with van der Waals surface area (Å²) in [5, 5.41) is 3.96. The number of sulfone groups is 1. The maximum Gasteiger partial charge on any atom is 0.235 e. The molecule has 0 aliphatic rings. The van der Waals surface area contributed by atoms with Crippen LogP contribution >= 0.6 is 11.3 Å². The summed E-state index contributed by atoms with van der Waals surface area (Å²) in [6, 6.07) is 9.29. The van der Waals surface area contributed by atoms with Crippen molar-refractivity contribution >= 4 is 27.1 Å². The van der Waals surface area contributed by atoms with Gasteiger partial charge in [0.2, 0.25) is 20.1 Å². The average molecular weight is 296 g/mol. The van der Waals surface area contributed by atoms with Crippen molar-refractivity contribution in [1.82, 2.24) is 10.3 Å². The van der Waals surface area contributed by atoms with Crippen molar-refractivity contribution in [3.05, 3.63) is 35.7 Å². The molecule has 19 heavy (non-hydrogen) atoms. The highest BCUT2D eigenvalue weighted by atomic mass is 32.2. The maximum atomic E-state index is 11.9. The zero-order chi connectivity index (χ0) is 13.9. The molecular weight excluding hydrogens is 284 g/mol. The molecule has 0 saturated heterocycles. The van der Waals surface area contributed by atoms with Crippen LogP contribution in [0.15, 0.2) is 40.1 Å². The van der Waals surface area contributed by atoms with Gasteiger partial charge in [-0.1, -0.05) is 30.3 Å². The van der Waals surface area contributed by atoms with Gasteiger partial charge < -0.3 is 5.32 Å². The number of thiazole rings is 1. The standard InChI is InChI=1S/C12H12N2O3S2/c1-13-11(15)8-19(16,17)12-14-10(7-18-12)9-5-3-2-4-6-9/h2-7H,8H2,1H3,(H,13,15). The van der Waals surface area contributed by atoms with Crippen LogP contribution in [0, 0.1) is 0 Å². The summed E-state index contributed by atoms with van der Waals surface area (Å²) < 4.78 is 23.8. The summed E-state index contributed by atoms with van der Waals surface area (Å²) in [4.78, 5) is 15.3. The molecule has 0 spiro atoms. The Morgan fingerprint density at radius 2 is 2.00 bits per heavy atom. The van der Waals surface area contributed by atoms with Gasteiger partial charge in [-0.2, -0.15) is 0 Å². The van der Waals surface area contributed by atoms with Gasteiger partial charge in [-0.3, -0.25) is 4.79 Å². The third kappa shape index (κ3) is 3.18. The van der Waals surface area contributed by atoms with Gasteiger partial charge in [0.05, 0.1) is 5.69 Å². The summed E-state index contributed by atoms with van der Waals surface area (Å²) in [5.41, 5.74) is 1.45. The predicted molar refractivity (Wildman–Crippen MR) is 73.7 cm³/mol. The number of benzene rings is 1. The molecule has 0 saturated carbocycles. The molecule has 1 aromatic carbocycles. The first-order valence-corrected chi connectivity index (χ1v) is 8.00. The van der Waals surface area contributed by atoms with Crippen LogP contribution in [0.5, 0.6) is 0 Å². The van der Waals surface area contributed by atoms with Crippen molar-refractivity contribution in [2.45, 2.75) is 4.34 Å². The quantitative estimate of drug-likeness (QED) is 0.923. The van der Waals surface area contributed by atoms with Crippen molar-refractivity contribution in [2.24, 2.45) is 0 Å². The number of amides is 1. The van der Waals surface area contributed by atoms with Gasteiger partial charge in [0.15, 0.2) is 0 Å². The lowest BCUT2D eigenvalue weighted by atomic mass is 10.2. The fraction of sp³-hybridized carbons (Fsp3) is 0.167. The van der Waals surface area contributed by atoms with E-state index in [0.29, 0.717) is 5.69 Å². The van der Waals surface area contributed by atoms with Crippen molar-refractivity contribution in [1.29, 1.82) is 0 Å². The average Bonchev–Trinajstić information content (AvgIpc) is 2.89. The summed E-state index contributed by atoms with van der Waals surface area (Å²) in [7, 11) is -2.27. The van der Waals surface area contributed by atoms with Gasteiger partial charge in [0.1, 0.15) is 5.75 Å². The first kappa shape index (κ1) is 13.7. The van der Waals surface area contributed by atoms with Gasteiger partial charge in [-0.15, -0.1) is 11.3 Å². The van der Waals surface area contributed by atoms with Crippen molar-refractivity contribution in [3.63, 3.8) is 0 Å². The van der Waals surface area contributed by atoms with Crippen LogP contribution in [0.25, 0.3) is 11.3 Å². The zero-order valence-electron chi connectivity index (χ0n) is 10.2. The Hall–Kier alpha value is -1.73. The lowest BCUT2D eigenvalue weighted by molar-refractivity contribution is -0.118. The number of hydrogen-bond acceptors (Lipinski definition) is 5. The van der Waals surface area contributed by atoms with Crippen molar-refractivity contribution in [3.8, 4) is 11.3 Å². The Morgan fingerprint density at radius 3 is 2.63 bits per heavy atom. The Kier molecular flexibility index (Phi) is 3.96. The third-order valence-corrected chi connectivity index (χ3v) is 5.37. The molecule has 100 valence electrons.